The Balaban J connectivity index is 1.46. The van der Waals surface area contributed by atoms with Crippen molar-refractivity contribution in [2.75, 3.05) is 9.80 Å². The molecule has 0 saturated carbocycles. The van der Waals surface area contributed by atoms with Crippen molar-refractivity contribution in [3.63, 3.8) is 0 Å². The molecule has 0 saturated heterocycles. The van der Waals surface area contributed by atoms with E-state index in [1.165, 1.54) is 55.6 Å². The van der Waals surface area contributed by atoms with Gasteiger partial charge in [0.1, 0.15) is 0 Å². The summed E-state index contributed by atoms with van der Waals surface area (Å²) >= 11 is 0. The smallest absolute Gasteiger partial charge is 0.0715 e. The molecule has 266 valence electrons. The molecule has 0 bridgehead atoms. The second kappa shape index (κ2) is 14.0. The van der Waals surface area contributed by atoms with Gasteiger partial charge >= 0.3 is 0 Å². The van der Waals surface area contributed by atoms with Crippen molar-refractivity contribution in [2.24, 2.45) is 0 Å². The minimum Gasteiger partial charge on any atom is -0.310 e. The van der Waals surface area contributed by atoms with E-state index in [-0.39, 0.29) is 0 Å². The van der Waals surface area contributed by atoms with Crippen LogP contribution >= 0.6 is 0 Å². The van der Waals surface area contributed by atoms with Gasteiger partial charge in [-0.15, -0.1) is 0 Å². The van der Waals surface area contributed by atoms with Gasteiger partial charge in [-0.3, -0.25) is 0 Å². The predicted octanol–water partition coefficient (Wildman–Crippen LogP) is 14.2. The van der Waals surface area contributed by atoms with E-state index in [4.69, 9.17) is 0 Å². The molecular formula is C53H44N2. The zero-order valence-electron chi connectivity index (χ0n) is 31.9. The standard InChI is InChI=1S/C53H44N2/c1-37-19-27-43(28-20-37)54(44-29-21-38(2)22-30-44)47-35-50-52(51(36-47)55(45-31-23-39(3)24-32-45)46-33-25-40(4)26-34-46)48-17-11-12-18-49(48)53(50,41-13-7-5-8-14-41)42-15-9-6-10-16-42/h5-36H,1-4H3. The number of anilines is 6. The summed E-state index contributed by atoms with van der Waals surface area (Å²) in [5.41, 5.74) is 18.5. The number of benzene rings is 8. The van der Waals surface area contributed by atoms with Gasteiger partial charge in [0.2, 0.25) is 0 Å². The molecule has 1 aliphatic carbocycles. The van der Waals surface area contributed by atoms with Gasteiger partial charge in [-0.05, 0) is 116 Å². The summed E-state index contributed by atoms with van der Waals surface area (Å²) < 4.78 is 0. The van der Waals surface area contributed by atoms with E-state index in [2.05, 4.69) is 232 Å². The summed E-state index contributed by atoms with van der Waals surface area (Å²) in [6, 6.07) is 71.9. The number of fused-ring (bicyclic) bond motifs is 3. The van der Waals surface area contributed by atoms with Crippen molar-refractivity contribution >= 4 is 34.1 Å². The largest absolute Gasteiger partial charge is 0.310 e. The van der Waals surface area contributed by atoms with Crippen LogP contribution in [0.2, 0.25) is 0 Å². The second-order valence-electron chi connectivity index (χ2n) is 14.9. The van der Waals surface area contributed by atoms with Crippen LogP contribution in [0.5, 0.6) is 0 Å². The van der Waals surface area contributed by atoms with Crippen LogP contribution in [-0.2, 0) is 5.41 Å². The molecule has 0 fully saturated rings. The molecular weight excluding hydrogens is 665 g/mol. The van der Waals surface area contributed by atoms with Crippen LogP contribution in [0.25, 0.3) is 11.1 Å². The molecule has 1 aliphatic rings. The van der Waals surface area contributed by atoms with Gasteiger partial charge in [0.05, 0.1) is 11.1 Å². The summed E-state index contributed by atoms with van der Waals surface area (Å²) in [5, 5.41) is 0. The number of aryl methyl sites for hydroxylation is 4. The van der Waals surface area contributed by atoms with Crippen molar-refractivity contribution in [3.8, 4) is 11.1 Å². The Morgan fingerprint density at radius 1 is 0.327 bits per heavy atom. The van der Waals surface area contributed by atoms with Crippen LogP contribution in [0.1, 0.15) is 44.5 Å². The van der Waals surface area contributed by atoms with Crippen molar-refractivity contribution in [2.45, 2.75) is 33.1 Å². The summed E-state index contributed by atoms with van der Waals surface area (Å²) in [6.45, 7) is 8.62. The highest BCUT2D eigenvalue weighted by Gasteiger charge is 2.48. The maximum absolute atomic E-state index is 2.47. The lowest BCUT2D eigenvalue weighted by Crippen LogP contribution is -2.29. The molecule has 0 aromatic heterocycles. The lowest BCUT2D eigenvalue weighted by Gasteiger charge is -2.36. The fourth-order valence-corrected chi connectivity index (χ4v) is 8.48. The first-order chi connectivity index (χ1) is 26.9. The molecule has 2 nitrogen and oxygen atoms in total. The molecule has 0 radical (unpaired) electrons. The Labute approximate surface area is 325 Å². The fourth-order valence-electron chi connectivity index (χ4n) is 8.48. The normalized spacial score (nSPS) is 12.5. The van der Waals surface area contributed by atoms with Gasteiger partial charge in [0.15, 0.2) is 0 Å². The molecule has 0 unspecified atom stereocenters. The summed E-state index contributed by atoms with van der Waals surface area (Å²) in [6.07, 6.45) is 0. The zero-order chi connectivity index (χ0) is 37.5. The molecule has 0 N–H and O–H groups in total. The quantitative estimate of drug-likeness (QED) is 0.155. The Morgan fingerprint density at radius 3 is 1.15 bits per heavy atom. The van der Waals surface area contributed by atoms with Crippen molar-refractivity contribution in [1.29, 1.82) is 0 Å². The molecule has 0 amide bonds. The first-order valence-electron chi connectivity index (χ1n) is 19.2. The number of hydrogen-bond donors (Lipinski definition) is 0. The van der Waals surface area contributed by atoms with Gasteiger partial charge in [-0.25, -0.2) is 0 Å². The molecule has 0 spiro atoms. The second-order valence-corrected chi connectivity index (χ2v) is 14.9. The molecule has 0 heterocycles. The molecule has 0 atom stereocenters. The predicted molar refractivity (Wildman–Crippen MR) is 232 cm³/mol. The summed E-state index contributed by atoms with van der Waals surface area (Å²) in [5.74, 6) is 0. The highest BCUT2D eigenvalue weighted by Crippen LogP contribution is 2.61. The van der Waals surface area contributed by atoms with Gasteiger partial charge in [0, 0.05) is 34.0 Å². The summed E-state index contributed by atoms with van der Waals surface area (Å²) in [4.78, 5) is 4.89. The maximum atomic E-state index is 2.47. The Kier molecular flexibility index (Phi) is 8.67. The average molecular weight is 709 g/mol. The van der Waals surface area contributed by atoms with Crippen LogP contribution < -0.4 is 9.80 Å². The highest BCUT2D eigenvalue weighted by atomic mass is 15.2. The first kappa shape index (κ1) is 34.1. The number of rotatable bonds is 8. The Morgan fingerprint density at radius 2 is 0.709 bits per heavy atom. The minimum atomic E-state index is -0.586. The lowest BCUT2D eigenvalue weighted by molar-refractivity contribution is 0.768. The van der Waals surface area contributed by atoms with Crippen LogP contribution in [-0.4, -0.2) is 0 Å². The third kappa shape index (κ3) is 5.91. The van der Waals surface area contributed by atoms with Crippen LogP contribution in [0.4, 0.5) is 34.1 Å². The van der Waals surface area contributed by atoms with Gasteiger partial charge in [-0.1, -0.05) is 156 Å². The van der Waals surface area contributed by atoms with Crippen LogP contribution in [0, 0.1) is 27.7 Å². The Hall–Kier alpha value is -6.64. The molecule has 9 rings (SSSR count). The monoisotopic (exact) mass is 708 g/mol. The molecule has 8 aromatic rings. The number of nitrogens with zero attached hydrogens (tertiary/aromatic N) is 2. The van der Waals surface area contributed by atoms with E-state index in [1.54, 1.807) is 0 Å². The van der Waals surface area contributed by atoms with E-state index in [9.17, 15) is 0 Å². The van der Waals surface area contributed by atoms with E-state index in [1.807, 2.05) is 0 Å². The number of hydrogen-bond acceptors (Lipinski definition) is 2. The minimum absolute atomic E-state index is 0.586. The molecule has 2 heteroatoms. The molecule has 55 heavy (non-hydrogen) atoms. The third-order valence-electron chi connectivity index (χ3n) is 11.2. The topological polar surface area (TPSA) is 6.48 Å². The van der Waals surface area contributed by atoms with Crippen molar-refractivity contribution in [3.05, 3.63) is 239 Å². The maximum Gasteiger partial charge on any atom is 0.0715 e. The van der Waals surface area contributed by atoms with E-state index < -0.39 is 5.41 Å². The van der Waals surface area contributed by atoms with E-state index in [0.29, 0.717) is 0 Å². The van der Waals surface area contributed by atoms with Crippen molar-refractivity contribution in [1.82, 2.24) is 0 Å². The van der Waals surface area contributed by atoms with Crippen LogP contribution in [0.15, 0.2) is 194 Å². The average Bonchev–Trinajstić information content (AvgIpc) is 3.52. The lowest BCUT2D eigenvalue weighted by atomic mass is 9.67. The Bertz CT molecular complexity index is 2460. The third-order valence-corrected chi connectivity index (χ3v) is 11.2. The fraction of sp³-hybridized carbons (Fsp3) is 0.0943. The zero-order valence-corrected chi connectivity index (χ0v) is 31.9. The van der Waals surface area contributed by atoms with Crippen molar-refractivity contribution < 1.29 is 0 Å². The van der Waals surface area contributed by atoms with Gasteiger partial charge in [0.25, 0.3) is 0 Å². The first-order valence-corrected chi connectivity index (χ1v) is 19.2. The SMILES string of the molecule is Cc1ccc(N(c2ccc(C)cc2)c2cc(N(c3ccc(C)cc3)c3ccc(C)cc3)c3c(c2)C(c2ccccc2)(c2ccccc2)c2ccccc2-3)cc1. The highest BCUT2D eigenvalue weighted by molar-refractivity contribution is 6.00. The van der Waals surface area contributed by atoms with Crippen LogP contribution in [0.3, 0.4) is 0 Å². The van der Waals surface area contributed by atoms with E-state index >= 15 is 0 Å². The molecule has 0 aliphatic heterocycles. The molecule has 8 aromatic carbocycles. The van der Waals surface area contributed by atoms with Gasteiger partial charge in [-0.2, -0.15) is 0 Å². The summed E-state index contributed by atoms with van der Waals surface area (Å²) in [7, 11) is 0. The van der Waals surface area contributed by atoms with E-state index in [0.717, 1.165) is 34.1 Å². The van der Waals surface area contributed by atoms with Gasteiger partial charge < -0.3 is 9.80 Å².